The molecule has 3 aromatic rings. The second kappa shape index (κ2) is 14.1. The highest BCUT2D eigenvalue weighted by Crippen LogP contribution is 2.23. The molecule has 1 aliphatic rings. The van der Waals surface area contributed by atoms with Crippen LogP contribution < -0.4 is 19.7 Å². The number of benzene rings is 3. The Morgan fingerprint density at radius 1 is 0.974 bits per heavy atom. The third kappa shape index (κ3) is 7.56. The molecule has 0 saturated carbocycles. The SMILES string of the molecule is COc1ccccc1COCCCOc1ccc(N2C(=O)CNCC2COCc2ccc(C#N)cc2)cc1. The molecule has 1 fully saturated rings. The van der Waals surface area contributed by atoms with Crippen LogP contribution in [0.3, 0.4) is 0 Å². The van der Waals surface area contributed by atoms with Crippen molar-refractivity contribution in [2.24, 2.45) is 0 Å². The molecule has 1 heterocycles. The van der Waals surface area contributed by atoms with E-state index in [1.54, 1.807) is 24.1 Å². The van der Waals surface area contributed by atoms with Gasteiger partial charge in [0.2, 0.25) is 5.91 Å². The first-order valence-electron chi connectivity index (χ1n) is 12.7. The minimum absolute atomic E-state index is 0.00378. The van der Waals surface area contributed by atoms with Gasteiger partial charge in [0, 0.05) is 24.2 Å². The average molecular weight is 516 g/mol. The molecule has 0 aliphatic carbocycles. The van der Waals surface area contributed by atoms with E-state index in [1.165, 1.54) is 0 Å². The van der Waals surface area contributed by atoms with Crippen LogP contribution in [-0.4, -0.2) is 52.0 Å². The molecule has 198 valence electrons. The Hall–Kier alpha value is -3.90. The summed E-state index contributed by atoms with van der Waals surface area (Å²) in [5, 5.41) is 12.1. The summed E-state index contributed by atoms with van der Waals surface area (Å²) in [4.78, 5) is 14.5. The molecule has 38 heavy (non-hydrogen) atoms. The highest BCUT2D eigenvalue weighted by molar-refractivity contribution is 5.96. The summed E-state index contributed by atoms with van der Waals surface area (Å²) < 4.78 is 22.9. The van der Waals surface area contributed by atoms with Crippen LogP contribution in [0.4, 0.5) is 5.69 Å². The molecule has 1 amide bonds. The van der Waals surface area contributed by atoms with Gasteiger partial charge in [0.1, 0.15) is 11.5 Å². The number of carbonyl (C=O) groups is 1. The maximum absolute atomic E-state index is 12.7. The summed E-state index contributed by atoms with van der Waals surface area (Å²) in [6.45, 7) is 3.35. The number of hydrogen-bond donors (Lipinski definition) is 1. The molecule has 0 bridgehead atoms. The minimum atomic E-state index is -0.123. The van der Waals surface area contributed by atoms with Crippen LogP contribution in [0.1, 0.15) is 23.1 Å². The topological polar surface area (TPSA) is 93.1 Å². The standard InChI is InChI=1S/C30H33N3O5/c1-35-29-6-3-2-5-25(29)21-36-15-4-16-38-28-13-11-26(12-14-28)33-27(18-32-19-30(33)34)22-37-20-24-9-7-23(17-31)8-10-24/h2-3,5-14,27,32H,4,15-16,18-22H2,1H3. The van der Waals surface area contributed by atoms with Crippen LogP contribution in [0.15, 0.2) is 72.8 Å². The van der Waals surface area contributed by atoms with E-state index in [9.17, 15) is 4.79 Å². The fraction of sp³-hybridized carbons (Fsp3) is 0.333. The molecular formula is C30H33N3O5. The maximum Gasteiger partial charge on any atom is 0.241 e. The zero-order chi connectivity index (χ0) is 26.6. The quantitative estimate of drug-likeness (QED) is 0.343. The molecule has 8 nitrogen and oxygen atoms in total. The number of para-hydroxylation sites is 1. The molecule has 1 N–H and O–H groups in total. The van der Waals surface area contributed by atoms with E-state index >= 15 is 0 Å². The summed E-state index contributed by atoms with van der Waals surface area (Å²) >= 11 is 0. The monoisotopic (exact) mass is 515 g/mol. The molecule has 0 spiro atoms. The van der Waals surface area contributed by atoms with Gasteiger partial charge in [-0.05, 0) is 48.0 Å². The Balaban J connectivity index is 1.22. The van der Waals surface area contributed by atoms with Crippen LogP contribution in [0.5, 0.6) is 11.5 Å². The highest BCUT2D eigenvalue weighted by atomic mass is 16.5. The van der Waals surface area contributed by atoms with Gasteiger partial charge in [0.25, 0.3) is 0 Å². The highest BCUT2D eigenvalue weighted by Gasteiger charge is 2.29. The van der Waals surface area contributed by atoms with Crippen molar-refractivity contribution in [3.63, 3.8) is 0 Å². The Bertz CT molecular complexity index is 1210. The number of nitrogens with one attached hydrogen (secondary N) is 1. The lowest BCUT2D eigenvalue weighted by Gasteiger charge is -2.36. The predicted molar refractivity (Wildman–Crippen MR) is 144 cm³/mol. The average Bonchev–Trinajstić information content (AvgIpc) is 2.96. The van der Waals surface area contributed by atoms with Crippen LogP contribution in [0.2, 0.25) is 0 Å². The maximum atomic E-state index is 12.7. The van der Waals surface area contributed by atoms with E-state index < -0.39 is 0 Å². The fourth-order valence-electron chi connectivity index (χ4n) is 4.26. The smallest absolute Gasteiger partial charge is 0.241 e. The van der Waals surface area contributed by atoms with E-state index in [4.69, 9.17) is 24.2 Å². The molecule has 1 aliphatic heterocycles. The molecule has 1 unspecified atom stereocenters. The zero-order valence-electron chi connectivity index (χ0n) is 21.6. The summed E-state index contributed by atoms with van der Waals surface area (Å²) in [6, 6.07) is 24.7. The van der Waals surface area contributed by atoms with Crippen molar-refractivity contribution in [3.8, 4) is 17.6 Å². The molecule has 1 atom stereocenters. The summed E-state index contributed by atoms with van der Waals surface area (Å²) in [5.74, 6) is 1.57. The van der Waals surface area contributed by atoms with Gasteiger partial charge in [-0.1, -0.05) is 30.3 Å². The van der Waals surface area contributed by atoms with Crippen molar-refractivity contribution in [3.05, 3.63) is 89.5 Å². The number of ether oxygens (including phenoxy) is 4. The van der Waals surface area contributed by atoms with Crippen LogP contribution in [0.25, 0.3) is 0 Å². The largest absolute Gasteiger partial charge is 0.496 e. The van der Waals surface area contributed by atoms with Gasteiger partial charge in [-0.3, -0.25) is 4.79 Å². The van der Waals surface area contributed by atoms with Crippen molar-refractivity contribution in [2.45, 2.75) is 25.7 Å². The normalized spacial score (nSPS) is 15.2. The van der Waals surface area contributed by atoms with Gasteiger partial charge >= 0.3 is 0 Å². The molecule has 1 saturated heterocycles. The van der Waals surface area contributed by atoms with Gasteiger partial charge in [-0.2, -0.15) is 5.26 Å². The summed E-state index contributed by atoms with van der Waals surface area (Å²) in [7, 11) is 1.66. The molecule has 0 radical (unpaired) electrons. The second-order valence-electron chi connectivity index (χ2n) is 8.93. The lowest BCUT2D eigenvalue weighted by Crippen LogP contribution is -2.57. The van der Waals surface area contributed by atoms with Crippen molar-refractivity contribution in [2.75, 3.05) is 44.9 Å². The lowest BCUT2D eigenvalue weighted by molar-refractivity contribution is -0.119. The Labute approximate surface area is 223 Å². The summed E-state index contributed by atoms with van der Waals surface area (Å²) in [6.07, 6.45) is 0.756. The van der Waals surface area contributed by atoms with Gasteiger partial charge in [-0.15, -0.1) is 0 Å². The lowest BCUT2D eigenvalue weighted by atomic mass is 10.1. The number of anilines is 1. The van der Waals surface area contributed by atoms with Crippen LogP contribution in [0, 0.1) is 11.3 Å². The van der Waals surface area contributed by atoms with Crippen LogP contribution in [-0.2, 0) is 27.5 Å². The second-order valence-corrected chi connectivity index (χ2v) is 8.93. The molecular weight excluding hydrogens is 482 g/mol. The fourth-order valence-corrected chi connectivity index (χ4v) is 4.26. The number of hydrogen-bond acceptors (Lipinski definition) is 7. The molecule has 3 aromatic carbocycles. The Morgan fingerprint density at radius 2 is 1.76 bits per heavy atom. The first kappa shape index (κ1) is 27.1. The first-order chi connectivity index (χ1) is 18.7. The molecule has 4 rings (SSSR count). The van der Waals surface area contributed by atoms with Crippen molar-refractivity contribution >= 4 is 11.6 Å². The Morgan fingerprint density at radius 3 is 2.53 bits per heavy atom. The number of nitriles is 1. The number of amides is 1. The number of nitrogens with zero attached hydrogens (tertiary/aromatic N) is 2. The summed E-state index contributed by atoms with van der Waals surface area (Å²) in [5.41, 5.74) is 3.44. The molecule has 8 heteroatoms. The zero-order valence-corrected chi connectivity index (χ0v) is 21.6. The number of methoxy groups -OCH3 is 1. The van der Waals surface area contributed by atoms with Crippen molar-refractivity contribution in [1.29, 1.82) is 5.26 Å². The van der Waals surface area contributed by atoms with E-state index in [0.717, 1.165) is 34.7 Å². The first-order valence-corrected chi connectivity index (χ1v) is 12.7. The van der Waals surface area contributed by atoms with Gasteiger partial charge in [0.05, 0.1) is 64.4 Å². The van der Waals surface area contributed by atoms with Crippen molar-refractivity contribution in [1.82, 2.24) is 5.32 Å². The van der Waals surface area contributed by atoms with Gasteiger partial charge < -0.3 is 29.2 Å². The predicted octanol–water partition coefficient (Wildman–Crippen LogP) is 4.07. The van der Waals surface area contributed by atoms with Crippen LogP contribution >= 0.6 is 0 Å². The number of rotatable bonds is 13. The van der Waals surface area contributed by atoms with Crippen molar-refractivity contribution < 1.29 is 23.7 Å². The third-order valence-electron chi connectivity index (χ3n) is 6.22. The van der Waals surface area contributed by atoms with E-state index in [1.807, 2.05) is 60.7 Å². The van der Waals surface area contributed by atoms with Gasteiger partial charge in [0.15, 0.2) is 0 Å². The third-order valence-corrected chi connectivity index (χ3v) is 6.22. The number of piperazine rings is 1. The Kier molecular flexibility index (Phi) is 10.1. The number of carbonyl (C=O) groups excluding carboxylic acids is 1. The van der Waals surface area contributed by atoms with E-state index in [0.29, 0.717) is 51.7 Å². The minimum Gasteiger partial charge on any atom is -0.496 e. The molecule has 0 aromatic heterocycles. The van der Waals surface area contributed by atoms with E-state index in [-0.39, 0.29) is 11.9 Å². The van der Waals surface area contributed by atoms with E-state index in [2.05, 4.69) is 11.4 Å². The van der Waals surface area contributed by atoms with Gasteiger partial charge in [-0.25, -0.2) is 0 Å².